The molecule has 44 heavy (non-hydrogen) atoms. The van der Waals surface area contributed by atoms with Gasteiger partial charge in [0, 0.05) is 35.7 Å². The predicted molar refractivity (Wildman–Crippen MR) is 174 cm³/mol. The number of ether oxygens (including phenoxy) is 1. The van der Waals surface area contributed by atoms with Crippen LogP contribution in [0.4, 0.5) is 17.1 Å². The molecule has 4 aromatic carbocycles. The molecule has 2 N–H and O–H groups in total. The summed E-state index contributed by atoms with van der Waals surface area (Å²) in [4.78, 5) is 43.1. The maximum Gasteiger partial charge on any atom is 0.328 e. The van der Waals surface area contributed by atoms with E-state index >= 15 is 0 Å². The third kappa shape index (κ3) is 7.22. The molecule has 0 spiro atoms. The third-order valence-corrected chi connectivity index (χ3v) is 7.41. The first-order valence-electron chi connectivity index (χ1n) is 14.5. The SMILES string of the molecule is C/C(OC(=O)C1C(=O)Nc2ccccc21)=C(/Nc1ccc(N(CCN(C)C)C(=O)Cc2ccccc2)cc1)c1ccccc1. The zero-order valence-corrected chi connectivity index (χ0v) is 25.1. The highest BCUT2D eigenvalue weighted by Crippen LogP contribution is 2.34. The molecule has 0 radical (unpaired) electrons. The summed E-state index contributed by atoms with van der Waals surface area (Å²) in [6.45, 7) is 2.97. The number of hydrogen-bond acceptors (Lipinski definition) is 6. The van der Waals surface area contributed by atoms with Gasteiger partial charge >= 0.3 is 5.97 Å². The van der Waals surface area contributed by atoms with Crippen LogP contribution in [0.1, 0.15) is 29.5 Å². The van der Waals surface area contributed by atoms with Crippen molar-refractivity contribution in [2.45, 2.75) is 19.3 Å². The molecule has 8 heteroatoms. The minimum Gasteiger partial charge on any atom is -0.428 e. The summed E-state index contributed by atoms with van der Waals surface area (Å²) in [5.74, 6) is -1.76. The van der Waals surface area contributed by atoms with Crippen molar-refractivity contribution in [2.75, 3.05) is 42.7 Å². The van der Waals surface area contributed by atoms with Gasteiger partial charge < -0.3 is 25.2 Å². The van der Waals surface area contributed by atoms with E-state index in [0.29, 0.717) is 35.7 Å². The minimum atomic E-state index is -1.04. The van der Waals surface area contributed by atoms with E-state index in [0.717, 1.165) is 29.0 Å². The molecule has 0 fully saturated rings. The summed E-state index contributed by atoms with van der Waals surface area (Å²) in [6, 6.07) is 34.0. The smallest absolute Gasteiger partial charge is 0.328 e. The highest BCUT2D eigenvalue weighted by atomic mass is 16.5. The van der Waals surface area contributed by atoms with Gasteiger partial charge in [-0.25, -0.2) is 0 Å². The Balaban J connectivity index is 1.38. The van der Waals surface area contributed by atoms with Crippen LogP contribution in [0.15, 0.2) is 115 Å². The maximum absolute atomic E-state index is 13.4. The van der Waals surface area contributed by atoms with Gasteiger partial charge in [0.1, 0.15) is 5.76 Å². The lowest BCUT2D eigenvalue weighted by molar-refractivity contribution is -0.143. The van der Waals surface area contributed by atoms with Crippen molar-refractivity contribution in [1.29, 1.82) is 0 Å². The topological polar surface area (TPSA) is 91.0 Å². The van der Waals surface area contributed by atoms with Gasteiger partial charge in [0.15, 0.2) is 5.92 Å². The van der Waals surface area contributed by atoms with Gasteiger partial charge in [0.05, 0.1) is 12.1 Å². The van der Waals surface area contributed by atoms with Gasteiger partial charge in [-0.2, -0.15) is 0 Å². The lowest BCUT2D eigenvalue weighted by Crippen LogP contribution is -2.37. The molecule has 1 atom stereocenters. The molecule has 0 saturated carbocycles. The summed E-state index contributed by atoms with van der Waals surface area (Å²) >= 11 is 0. The second-order valence-electron chi connectivity index (χ2n) is 10.9. The number of esters is 1. The van der Waals surface area contributed by atoms with E-state index in [1.54, 1.807) is 31.2 Å². The van der Waals surface area contributed by atoms with E-state index in [1.807, 2.05) is 109 Å². The van der Waals surface area contributed by atoms with Gasteiger partial charge in [0.2, 0.25) is 11.8 Å². The quantitative estimate of drug-likeness (QED) is 0.129. The van der Waals surface area contributed by atoms with Crippen LogP contribution >= 0.6 is 0 Å². The monoisotopic (exact) mass is 588 g/mol. The van der Waals surface area contributed by atoms with Crippen LogP contribution in [0, 0.1) is 0 Å². The van der Waals surface area contributed by atoms with Crippen molar-refractivity contribution in [3.8, 4) is 0 Å². The number of nitrogens with one attached hydrogen (secondary N) is 2. The first-order valence-corrected chi connectivity index (χ1v) is 14.5. The standard InChI is InChI=1S/C36H36N4O4/c1-25(44-36(43)33-30-16-10-11-17-31(30)38-35(33)42)34(27-14-8-5-9-15-27)37-28-18-20-29(21-19-28)40(23-22-39(2)3)32(41)24-26-12-6-4-7-13-26/h4-21,33,37H,22-24H2,1-3H3,(H,38,42)/b34-25-. The van der Waals surface area contributed by atoms with Crippen LogP contribution < -0.4 is 15.5 Å². The van der Waals surface area contributed by atoms with Gasteiger partial charge in [-0.15, -0.1) is 0 Å². The number of hydrogen-bond donors (Lipinski definition) is 2. The van der Waals surface area contributed by atoms with Crippen LogP contribution in [0.3, 0.4) is 0 Å². The summed E-state index contributed by atoms with van der Waals surface area (Å²) in [6.07, 6.45) is 0.309. The number of anilines is 3. The molecule has 0 aliphatic carbocycles. The second-order valence-corrected chi connectivity index (χ2v) is 10.9. The van der Waals surface area contributed by atoms with Crippen molar-refractivity contribution in [2.24, 2.45) is 0 Å². The van der Waals surface area contributed by atoms with Crippen molar-refractivity contribution < 1.29 is 19.1 Å². The molecule has 1 aliphatic rings. The fourth-order valence-corrected chi connectivity index (χ4v) is 5.10. The Kier molecular flexibility index (Phi) is 9.52. The number of nitrogens with zero attached hydrogens (tertiary/aromatic N) is 2. The summed E-state index contributed by atoms with van der Waals surface area (Å²) < 4.78 is 5.81. The van der Waals surface area contributed by atoms with Crippen LogP contribution in [0.2, 0.25) is 0 Å². The van der Waals surface area contributed by atoms with Gasteiger partial charge in [-0.05, 0) is 62.5 Å². The number of para-hydroxylation sites is 1. The lowest BCUT2D eigenvalue weighted by atomic mass is 10.0. The van der Waals surface area contributed by atoms with Crippen LogP contribution in [-0.2, 0) is 25.5 Å². The van der Waals surface area contributed by atoms with Crippen molar-refractivity contribution in [3.05, 3.63) is 132 Å². The molecule has 0 bridgehead atoms. The number of rotatable bonds is 11. The Labute approximate surface area is 258 Å². The molecule has 224 valence electrons. The van der Waals surface area contributed by atoms with Gasteiger partial charge in [-0.3, -0.25) is 14.4 Å². The average molecular weight is 589 g/mol. The summed E-state index contributed by atoms with van der Waals surface area (Å²) in [7, 11) is 3.97. The molecule has 1 unspecified atom stereocenters. The first kappa shape index (κ1) is 30.3. The molecule has 0 aromatic heterocycles. The normalized spacial score (nSPS) is 14.4. The molecular weight excluding hydrogens is 552 g/mol. The van der Waals surface area contributed by atoms with E-state index in [4.69, 9.17) is 4.74 Å². The van der Waals surface area contributed by atoms with E-state index in [1.165, 1.54) is 0 Å². The van der Waals surface area contributed by atoms with Crippen molar-refractivity contribution >= 4 is 40.5 Å². The lowest BCUT2D eigenvalue weighted by Gasteiger charge is -2.25. The number of likely N-dealkylation sites (N-methyl/N-ethyl adjacent to an activating group) is 1. The molecule has 1 aliphatic heterocycles. The van der Waals surface area contributed by atoms with Gasteiger partial charge in [-0.1, -0.05) is 78.9 Å². The Morgan fingerprint density at radius 3 is 2.14 bits per heavy atom. The van der Waals surface area contributed by atoms with Crippen LogP contribution in [0.25, 0.3) is 5.70 Å². The number of amides is 2. The predicted octanol–water partition coefficient (Wildman–Crippen LogP) is 5.90. The maximum atomic E-state index is 13.4. The Morgan fingerprint density at radius 2 is 1.45 bits per heavy atom. The molecular formula is C36H36N4O4. The fourth-order valence-electron chi connectivity index (χ4n) is 5.10. The van der Waals surface area contributed by atoms with Crippen molar-refractivity contribution in [3.63, 3.8) is 0 Å². The third-order valence-electron chi connectivity index (χ3n) is 7.41. The molecule has 4 aromatic rings. The molecule has 5 rings (SSSR count). The zero-order chi connectivity index (χ0) is 31.1. The Hall–Kier alpha value is -5.21. The highest BCUT2D eigenvalue weighted by Gasteiger charge is 2.38. The largest absolute Gasteiger partial charge is 0.428 e. The van der Waals surface area contributed by atoms with E-state index < -0.39 is 17.8 Å². The Morgan fingerprint density at radius 1 is 0.818 bits per heavy atom. The molecule has 8 nitrogen and oxygen atoms in total. The van der Waals surface area contributed by atoms with Crippen LogP contribution in [-0.4, -0.2) is 49.9 Å². The fraction of sp³-hybridized carbons (Fsp3) is 0.194. The van der Waals surface area contributed by atoms with Crippen molar-refractivity contribution in [1.82, 2.24) is 4.90 Å². The number of fused-ring (bicyclic) bond motifs is 1. The van der Waals surface area contributed by atoms with E-state index in [2.05, 4.69) is 10.6 Å². The summed E-state index contributed by atoms with van der Waals surface area (Å²) in [5, 5.41) is 6.15. The molecule has 0 saturated heterocycles. The second kappa shape index (κ2) is 13.8. The highest BCUT2D eigenvalue weighted by molar-refractivity contribution is 6.15. The van der Waals surface area contributed by atoms with Crippen LogP contribution in [0.5, 0.6) is 0 Å². The minimum absolute atomic E-state index is 0.0175. The van der Waals surface area contributed by atoms with E-state index in [9.17, 15) is 14.4 Å². The molecule has 2 amide bonds. The Bertz CT molecular complexity index is 1650. The number of carbonyl (C=O) groups is 3. The van der Waals surface area contributed by atoms with Gasteiger partial charge in [0.25, 0.3) is 0 Å². The first-order chi connectivity index (χ1) is 21.3. The van der Waals surface area contributed by atoms with E-state index in [-0.39, 0.29) is 5.91 Å². The zero-order valence-electron chi connectivity index (χ0n) is 25.1. The number of allylic oxidation sites excluding steroid dienone is 1. The number of carbonyl (C=O) groups excluding carboxylic acids is 3. The molecule has 1 heterocycles. The average Bonchev–Trinajstić information content (AvgIpc) is 3.37. The summed E-state index contributed by atoms with van der Waals surface area (Å²) in [5.41, 5.74) is 5.11. The number of benzene rings is 4.